The van der Waals surface area contributed by atoms with Gasteiger partial charge in [0.25, 0.3) is 11.8 Å². The largest absolute Gasteiger partial charge is 0.271 e. The Balaban J connectivity index is 2.36. The van der Waals surface area contributed by atoms with Gasteiger partial charge in [-0.1, -0.05) is 17.2 Å². The molecule has 0 aromatic heterocycles. The fraction of sp³-hybridized carbons (Fsp3) is 0.429. The number of hydrogen-bond donors (Lipinski definition) is 0. The Morgan fingerprint density at radius 3 is 2.41 bits per heavy atom. The average molecular weight is 233 g/mol. The molecular formula is C14H19NO2. The van der Waals surface area contributed by atoms with Gasteiger partial charge in [0, 0.05) is 18.7 Å². The number of unbranched alkanes of at least 4 members (excludes halogenated alkanes) is 1. The summed E-state index contributed by atoms with van der Waals surface area (Å²) in [6.45, 7) is 8.21. The molecule has 0 aliphatic carbocycles. The average Bonchev–Trinajstić information content (AvgIpc) is 2.56. The Hall–Kier alpha value is -1.64. The van der Waals surface area contributed by atoms with Crippen LogP contribution in [0.25, 0.3) is 0 Å². The summed E-state index contributed by atoms with van der Waals surface area (Å²) in [6.07, 6.45) is 7.76. The van der Waals surface area contributed by atoms with E-state index in [1.807, 2.05) is 13.8 Å². The zero-order valence-electron chi connectivity index (χ0n) is 10.5. The summed E-state index contributed by atoms with van der Waals surface area (Å²) in [5.74, 6) is -0.436. The number of imide groups is 1. The van der Waals surface area contributed by atoms with Crippen molar-refractivity contribution in [1.29, 1.82) is 0 Å². The van der Waals surface area contributed by atoms with Crippen molar-refractivity contribution in [2.45, 2.75) is 33.1 Å². The summed E-state index contributed by atoms with van der Waals surface area (Å²) in [5.41, 5.74) is 2.24. The lowest BCUT2D eigenvalue weighted by Crippen LogP contribution is -2.31. The number of carbonyl (C=O) groups excluding carboxylic acids is 2. The fourth-order valence-electron chi connectivity index (χ4n) is 1.65. The molecule has 1 aliphatic heterocycles. The van der Waals surface area contributed by atoms with E-state index < -0.39 is 0 Å². The smallest absolute Gasteiger partial charge is 0.253 e. The standard InChI is InChI=1S/C14H19NO2/c1-11(2)6-4-5-7-12(3)10-15-13(16)8-9-14(15)17/h7-9H,1,4-6,10H2,2-3H3. The first-order valence-corrected chi connectivity index (χ1v) is 5.84. The molecule has 1 heterocycles. The molecule has 1 aliphatic rings. The third-order valence-corrected chi connectivity index (χ3v) is 2.61. The number of carbonyl (C=O) groups is 2. The minimum absolute atomic E-state index is 0.218. The van der Waals surface area contributed by atoms with Crippen molar-refractivity contribution in [3.05, 3.63) is 36.0 Å². The number of nitrogens with zero attached hydrogens (tertiary/aromatic N) is 1. The monoisotopic (exact) mass is 233 g/mol. The van der Waals surface area contributed by atoms with Gasteiger partial charge in [-0.3, -0.25) is 14.5 Å². The molecule has 0 atom stereocenters. The molecule has 0 N–H and O–H groups in total. The first-order chi connectivity index (χ1) is 8.00. The maximum absolute atomic E-state index is 11.3. The summed E-state index contributed by atoms with van der Waals surface area (Å²) in [6, 6.07) is 0. The first kappa shape index (κ1) is 13.4. The Morgan fingerprint density at radius 1 is 1.29 bits per heavy atom. The van der Waals surface area contributed by atoms with E-state index in [0.717, 1.165) is 24.8 Å². The van der Waals surface area contributed by atoms with Crippen LogP contribution >= 0.6 is 0 Å². The zero-order valence-corrected chi connectivity index (χ0v) is 10.5. The van der Waals surface area contributed by atoms with Crippen LogP contribution in [0.3, 0.4) is 0 Å². The normalized spacial score (nSPS) is 15.9. The van der Waals surface area contributed by atoms with Gasteiger partial charge in [0.15, 0.2) is 0 Å². The van der Waals surface area contributed by atoms with Crippen molar-refractivity contribution in [1.82, 2.24) is 4.90 Å². The molecule has 0 saturated heterocycles. The van der Waals surface area contributed by atoms with Gasteiger partial charge in [-0.05, 0) is 33.1 Å². The van der Waals surface area contributed by atoms with Gasteiger partial charge in [-0.25, -0.2) is 0 Å². The molecule has 0 unspecified atom stereocenters. The molecule has 17 heavy (non-hydrogen) atoms. The molecule has 0 fully saturated rings. The predicted octanol–water partition coefficient (Wildman–Crippen LogP) is 2.60. The Labute approximate surface area is 102 Å². The van der Waals surface area contributed by atoms with Crippen molar-refractivity contribution < 1.29 is 9.59 Å². The molecule has 0 saturated carbocycles. The van der Waals surface area contributed by atoms with Crippen LogP contribution in [0.5, 0.6) is 0 Å². The van der Waals surface area contributed by atoms with E-state index in [2.05, 4.69) is 12.7 Å². The number of amides is 2. The van der Waals surface area contributed by atoms with Crippen molar-refractivity contribution in [3.8, 4) is 0 Å². The molecule has 0 aromatic carbocycles. The van der Waals surface area contributed by atoms with Crippen LogP contribution in [-0.4, -0.2) is 23.3 Å². The van der Waals surface area contributed by atoms with Crippen molar-refractivity contribution in [2.24, 2.45) is 0 Å². The molecule has 3 heteroatoms. The lowest BCUT2D eigenvalue weighted by molar-refractivity contribution is -0.136. The Morgan fingerprint density at radius 2 is 1.88 bits per heavy atom. The van der Waals surface area contributed by atoms with Gasteiger partial charge in [-0.15, -0.1) is 6.58 Å². The summed E-state index contributed by atoms with van der Waals surface area (Å²) in [7, 11) is 0. The van der Waals surface area contributed by atoms with E-state index in [0.29, 0.717) is 6.54 Å². The van der Waals surface area contributed by atoms with Gasteiger partial charge in [0.2, 0.25) is 0 Å². The zero-order chi connectivity index (χ0) is 12.8. The Kier molecular flexibility index (Phi) is 4.88. The number of allylic oxidation sites excluding steroid dienone is 2. The fourth-order valence-corrected chi connectivity index (χ4v) is 1.65. The lowest BCUT2D eigenvalue weighted by atomic mass is 10.1. The third kappa shape index (κ3) is 4.39. The second kappa shape index (κ2) is 6.18. The summed E-state index contributed by atoms with van der Waals surface area (Å²) < 4.78 is 0. The minimum Gasteiger partial charge on any atom is -0.271 e. The van der Waals surface area contributed by atoms with Crippen LogP contribution < -0.4 is 0 Å². The molecule has 0 radical (unpaired) electrons. The third-order valence-electron chi connectivity index (χ3n) is 2.61. The van der Waals surface area contributed by atoms with Crippen LogP contribution in [0.1, 0.15) is 33.1 Å². The van der Waals surface area contributed by atoms with E-state index in [1.165, 1.54) is 22.6 Å². The molecule has 0 spiro atoms. The van der Waals surface area contributed by atoms with Gasteiger partial charge in [-0.2, -0.15) is 0 Å². The molecule has 0 bridgehead atoms. The van der Waals surface area contributed by atoms with Gasteiger partial charge in [0.1, 0.15) is 0 Å². The van der Waals surface area contributed by atoms with Crippen molar-refractivity contribution >= 4 is 11.8 Å². The molecular weight excluding hydrogens is 214 g/mol. The Bertz CT molecular complexity index is 373. The van der Waals surface area contributed by atoms with Crippen LogP contribution in [0, 0.1) is 0 Å². The minimum atomic E-state index is -0.218. The van der Waals surface area contributed by atoms with Crippen LogP contribution in [0.4, 0.5) is 0 Å². The maximum atomic E-state index is 11.3. The van der Waals surface area contributed by atoms with E-state index in [-0.39, 0.29) is 11.8 Å². The second-order valence-electron chi connectivity index (χ2n) is 4.50. The van der Waals surface area contributed by atoms with E-state index in [1.54, 1.807) is 0 Å². The quantitative estimate of drug-likeness (QED) is 0.402. The predicted molar refractivity (Wildman–Crippen MR) is 68.3 cm³/mol. The van der Waals surface area contributed by atoms with Crippen LogP contribution in [-0.2, 0) is 9.59 Å². The molecule has 92 valence electrons. The van der Waals surface area contributed by atoms with E-state index >= 15 is 0 Å². The molecule has 2 amide bonds. The highest BCUT2D eigenvalue weighted by Gasteiger charge is 2.22. The highest BCUT2D eigenvalue weighted by Crippen LogP contribution is 2.10. The molecule has 1 rings (SSSR count). The van der Waals surface area contributed by atoms with Crippen LogP contribution in [0.15, 0.2) is 36.0 Å². The lowest BCUT2D eigenvalue weighted by Gasteiger charge is -2.13. The van der Waals surface area contributed by atoms with E-state index in [9.17, 15) is 9.59 Å². The maximum Gasteiger partial charge on any atom is 0.253 e. The number of hydrogen-bond acceptors (Lipinski definition) is 2. The summed E-state index contributed by atoms with van der Waals surface area (Å²) in [4.78, 5) is 23.9. The number of rotatable bonds is 6. The van der Waals surface area contributed by atoms with Crippen molar-refractivity contribution in [3.63, 3.8) is 0 Å². The summed E-state index contributed by atoms with van der Waals surface area (Å²) in [5, 5.41) is 0. The van der Waals surface area contributed by atoms with Gasteiger partial charge >= 0.3 is 0 Å². The second-order valence-corrected chi connectivity index (χ2v) is 4.50. The molecule has 0 aromatic rings. The highest BCUT2D eigenvalue weighted by atomic mass is 16.2. The van der Waals surface area contributed by atoms with Crippen molar-refractivity contribution in [2.75, 3.05) is 6.54 Å². The topological polar surface area (TPSA) is 37.4 Å². The molecule has 3 nitrogen and oxygen atoms in total. The summed E-state index contributed by atoms with van der Waals surface area (Å²) >= 11 is 0. The SMILES string of the molecule is C=C(C)CCCC=C(C)CN1C(=O)C=CC1=O. The van der Waals surface area contributed by atoms with Gasteiger partial charge < -0.3 is 0 Å². The van der Waals surface area contributed by atoms with E-state index in [4.69, 9.17) is 0 Å². The first-order valence-electron chi connectivity index (χ1n) is 5.84. The highest BCUT2D eigenvalue weighted by molar-refractivity contribution is 6.13. The van der Waals surface area contributed by atoms with Crippen LogP contribution in [0.2, 0.25) is 0 Å². The van der Waals surface area contributed by atoms with Gasteiger partial charge in [0.05, 0.1) is 0 Å².